The van der Waals surface area contributed by atoms with E-state index < -0.39 is 0 Å². The average Bonchev–Trinajstić information content (AvgIpc) is 2.49. The molecule has 0 aromatic carbocycles. The fourth-order valence-corrected chi connectivity index (χ4v) is 1.96. The van der Waals surface area contributed by atoms with Crippen LogP contribution < -0.4 is 5.73 Å². The third-order valence-corrected chi connectivity index (χ3v) is 2.57. The molecule has 0 fully saturated rings. The van der Waals surface area contributed by atoms with Gasteiger partial charge in [0, 0.05) is 12.6 Å². The Labute approximate surface area is 72.6 Å². The van der Waals surface area contributed by atoms with E-state index in [4.69, 9.17) is 5.73 Å². The van der Waals surface area contributed by atoms with Gasteiger partial charge in [0.05, 0.1) is 11.9 Å². The van der Waals surface area contributed by atoms with Crippen molar-refractivity contribution in [1.29, 1.82) is 0 Å². The zero-order valence-electron chi connectivity index (χ0n) is 7.45. The summed E-state index contributed by atoms with van der Waals surface area (Å²) >= 11 is 0. The zero-order valence-corrected chi connectivity index (χ0v) is 7.45. The smallest absolute Gasteiger partial charge is 0.0583 e. The van der Waals surface area contributed by atoms with Crippen LogP contribution in [0.3, 0.4) is 0 Å². The second-order valence-corrected chi connectivity index (χ2v) is 3.37. The van der Waals surface area contributed by atoms with Crippen molar-refractivity contribution in [3.63, 3.8) is 0 Å². The maximum atomic E-state index is 6.01. The first kappa shape index (κ1) is 7.80. The summed E-state index contributed by atoms with van der Waals surface area (Å²) in [5, 5.41) is 4.30. The highest BCUT2D eigenvalue weighted by Gasteiger charge is 2.20. The lowest BCUT2D eigenvalue weighted by Gasteiger charge is -2.19. The van der Waals surface area contributed by atoms with Gasteiger partial charge in [0.25, 0.3) is 0 Å². The van der Waals surface area contributed by atoms with E-state index in [0.717, 1.165) is 19.4 Å². The average molecular weight is 165 g/mol. The van der Waals surface area contributed by atoms with Gasteiger partial charge in [0.15, 0.2) is 0 Å². The van der Waals surface area contributed by atoms with E-state index in [-0.39, 0.29) is 6.04 Å². The molecule has 12 heavy (non-hydrogen) atoms. The van der Waals surface area contributed by atoms with Gasteiger partial charge in [-0.3, -0.25) is 4.68 Å². The predicted octanol–water partition coefficient (Wildman–Crippen LogP) is 1.24. The largest absolute Gasteiger partial charge is 0.323 e. The summed E-state index contributed by atoms with van der Waals surface area (Å²) in [6, 6.07) is 0.219. The Hall–Kier alpha value is -0.830. The number of nitrogens with two attached hydrogens (primary N) is 1. The van der Waals surface area contributed by atoms with E-state index in [9.17, 15) is 0 Å². The SMILES string of the molecule is CCn1ncc2c1C(N)CCC2. The van der Waals surface area contributed by atoms with Crippen LogP contribution in [0.2, 0.25) is 0 Å². The summed E-state index contributed by atoms with van der Waals surface area (Å²) in [5.74, 6) is 0. The van der Waals surface area contributed by atoms with Gasteiger partial charge in [-0.1, -0.05) is 0 Å². The number of hydrogen-bond acceptors (Lipinski definition) is 2. The van der Waals surface area contributed by atoms with Crippen molar-refractivity contribution in [3.05, 3.63) is 17.5 Å². The van der Waals surface area contributed by atoms with Crippen LogP contribution in [-0.4, -0.2) is 9.78 Å². The standard InChI is InChI=1S/C9H15N3/c1-2-12-9-7(6-11-12)4-3-5-8(9)10/h6,8H,2-5,10H2,1H3. The van der Waals surface area contributed by atoms with E-state index in [1.165, 1.54) is 17.7 Å². The van der Waals surface area contributed by atoms with Crippen LogP contribution in [0, 0.1) is 0 Å². The Morgan fingerprint density at radius 3 is 3.33 bits per heavy atom. The second-order valence-electron chi connectivity index (χ2n) is 3.37. The molecule has 1 heterocycles. The Morgan fingerprint density at radius 1 is 1.75 bits per heavy atom. The normalized spacial score (nSPS) is 22.3. The first-order chi connectivity index (χ1) is 5.83. The highest BCUT2D eigenvalue weighted by Crippen LogP contribution is 2.27. The molecule has 0 radical (unpaired) electrons. The highest BCUT2D eigenvalue weighted by atomic mass is 15.3. The van der Waals surface area contributed by atoms with Crippen molar-refractivity contribution < 1.29 is 0 Å². The zero-order chi connectivity index (χ0) is 8.55. The van der Waals surface area contributed by atoms with Crippen molar-refractivity contribution in [2.75, 3.05) is 0 Å². The molecule has 1 unspecified atom stereocenters. The lowest BCUT2D eigenvalue weighted by molar-refractivity contribution is 0.506. The first-order valence-electron chi connectivity index (χ1n) is 4.63. The molecule has 0 amide bonds. The molecule has 66 valence electrons. The molecular formula is C9H15N3. The summed E-state index contributed by atoms with van der Waals surface area (Å²) in [5.41, 5.74) is 8.63. The number of rotatable bonds is 1. The van der Waals surface area contributed by atoms with Crippen LogP contribution in [0.4, 0.5) is 0 Å². The maximum Gasteiger partial charge on any atom is 0.0583 e. The van der Waals surface area contributed by atoms with E-state index in [1.54, 1.807) is 0 Å². The topological polar surface area (TPSA) is 43.8 Å². The van der Waals surface area contributed by atoms with Crippen LogP contribution in [0.15, 0.2) is 6.20 Å². The third kappa shape index (κ3) is 1.05. The number of hydrogen-bond donors (Lipinski definition) is 1. The fraction of sp³-hybridized carbons (Fsp3) is 0.667. The van der Waals surface area contributed by atoms with Crippen LogP contribution in [-0.2, 0) is 13.0 Å². The molecule has 1 aliphatic carbocycles. The van der Waals surface area contributed by atoms with Crippen LogP contribution in [0.5, 0.6) is 0 Å². The lowest BCUT2D eigenvalue weighted by Crippen LogP contribution is -2.20. The van der Waals surface area contributed by atoms with E-state index in [1.807, 2.05) is 10.9 Å². The van der Waals surface area contributed by atoms with Gasteiger partial charge in [-0.15, -0.1) is 0 Å². The van der Waals surface area contributed by atoms with Gasteiger partial charge in [0.2, 0.25) is 0 Å². The van der Waals surface area contributed by atoms with Gasteiger partial charge >= 0.3 is 0 Å². The van der Waals surface area contributed by atoms with Gasteiger partial charge in [0.1, 0.15) is 0 Å². The van der Waals surface area contributed by atoms with Gasteiger partial charge < -0.3 is 5.73 Å². The van der Waals surface area contributed by atoms with Crippen molar-refractivity contribution in [1.82, 2.24) is 9.78 Å². The minimum Gasteiger partial charge on any atom is -0.323 e. The Balaban J connectivity index is 2.43. The third-order valence-electron chi connectivity index (χ3n) is 2.57. The van der Waals surface area contributed by atoms with Crippen LogP contribution in [0.1, 0.15) is 37.1 Å². The molecule has 3 nitrogen and oxygen atoms in total. The van der Waals surface area contributed by atoms with E-state index in [0.29, 0.717) is 0 Å². The molecule has 0 spiro atoms. The highest BCUT2D eigenvalue weighted by molar-refractivity contribution is 5.23. The maximum absolute atomic E-state index is 6.01. The Morgan fingerprint density at radius 2 is 2.58 bits per heavy atom. The number of nitrogens with zero attached hydrogens (tertiary/aromatic N) is 2. The second kappa shape index (κ2) is 2.90. The van der Waals surface area contributed by atoms with Crippen LogP contribution in [0.25, 0.3) is 0 Å². The molecule has 1 aliphatic rings. The fourth-order valence-electron chi connectivity index (χ4n) is 1.96. The summed E-state index contributed by atoms with van der Waals surface area (Å²) in [7, 11) is 0. The minimum absolute atomic E-state index is 0.219. The molecule has 0 saturated carbocycles. The van der Waals surface area contributed by atoms with Gasteiger partial charge in [-0.2, -0.15) is 5.10 Å². The first-order valence-corrected chi connectivity index (χ1v) is 4.63. The molecule has 3 heteroatoms. The molecule has 2 rings (SSSR count). The predicted molar refractivity (Wildman–Crippen MR) is 47.8 cm³/mol. The molecule has 1 aromatic heterocycles. The number of fused-ring (bicyclic) bond motifs is 1. The van der Waals surface area contributed by atoms with Crippen molar-refractivity contribution in [2.24, 2.45) is 5.73 Å². The van der Waals surface area contributed by atoms with E-state index in [2.05, 4.69) is 12.0 Å². The van der Waals surface area contributed by atoms with Crippen molar-refractivity contribution in [3.8, 4) is 0 Å². The van der Waals surface area contributed by atoms with Gasteiger partial charge in [-0.25, -0.2) is 0 Å². The quantitative estimate of drug-likeness (QED) is 0.680. The van der Waals surface area contributed by atoms with E-state index >= 15 is 0 Å². The summed E-state index contributed by atoms with van der Waals surface area (Å²) < 4.78 is 2.03. The summed E-state index contributed by atoms with van der Waals surface area (Å²) in [6.45, 7) is 3.04. The number of aromatic nitrogens is 2. The monoisotopic (exact) mass is 165 g/mol. The Kier molecular flexibility index (Phi) is 1.89. The van der Waals surface area contributed by atoms with Gasteiger partial charge in [-0.05, 0) is 31.7 Å². The van der Waals surface area contributed by atoms with Crippen molar-refractivity contribution >= 4 is 0 Å². The minimum atomic E-state index is 0.219. The molecule has 0 bridgehead atoms. The summed E-state index contributed by atoms with van der Waals surface area (Å²) in [6.07, 6.45) is 5.45. The lowest BCUT2D eigenvalue weighted by atomic mass is 9.94. The molecule has 0 saturated heterocycles. The molecule has 2 N–H and O–H groups in total. The number of aryl methyl sites for hydroxylation is 2. The Bertz CT molecular complexity index is 264. The van der Waals surface area contributed by atoms with Crippen LogP contribution >= 0.6 is 0 Å². The molecule has 0 aliphatic heterocycles. The molecule has 1 aromatic rings. The summed E-state index contributed by atoms with van der Waals surface area (Å²) in [4.78, 5) is 0. The molecular weight excluding hydrogens is 150 g/mol. The van der Waals surface area contributed by atoms with Crippen molar-refractivity contribution in [2.45, 2.75) is 38.8 Å². The molecule has 1 atom stereocenters.